The summed E-state index contributed by atoms with van der Waals surface area (Å²) in [5.74, 6) is 1.22. The summed E-state index contributed by atoms with van der Waals surface area (Å²) in [4.78, 5) is 12.3. The van der Waals surface area contributed by atoms with Gasteiger partial charge in [-0.25, -0.2) is 9.48 Å². The molecule has 2 N–H and O–H groups in total. The SMILES string of the molecule is Cc1cc(C)n(-c2cccc(CNC(=O)Nc3cc(-c4ccco4)nn3C)c2)n1. The zero-order chi connectivity index (χ0) is 20.4. The maximum absolute atomic E-state index is 12.3. The van der Waals surface area contributed by atoms with E-state index in [0.717, 1.165) is 22.6 Å². The Kier molecular flexibility index (Phi) is 4.90. The van der Waals surface area contributed by atoms with Crippen LogP contribution in [0.1, 0.15) is 17.0 Å². The molecule has 0 aliphatic rings. The third-order valence-electron chi connectivity index (χ3n) is 4.51. The molecule has 8 heteroatoms. The lowest BCUT2D eigenvalue weighted by Crippen LogP contribution is -2.29. The molecule has 0 saturated carbocycles. The van der Waals surface area contributed by atoms with E-state index in [9.17, 15) is 4.79 Å². The Bertz CT molecular complexity index is 1140. The van der Waals surface area contributed by atoms with E-state index >= 15 is 0 Å². The van der Waals surface area contributed by atoms with Gasteiger partial charge >= 0.3 is 6.03 Å². The van der Waals surface area contributed by atoms with Gasteiger partial charge in [0, 0.05) is 25.4 Å². The number of carbonyl (C=O) groups is 1. The molecular weight excluding hydrogens is 368 g/mol. The second-order valence-electron chi connectivity index (χ2n) is 6.83. The third kappa shape index (κ3) is 4.06. The van der Waals surface area contributed by atoms with Crippen LogP contribution in [0.5, 0.6) is 0 Å². The van der Waals surface area contributed by atoms with E-state index in [1.807, 2.05) is 54.9 Å². The van der Waals surface area contributed by atoms with Crippen LogP contribution >= 0.6 is 0 Å². The molecule has 0 aliphatic carbocycles. The van der Waals surface area contributed by atoms with Crippen LogP contribution in [-0.4, -0.2) is 25.6 Å². The van der Waals surface area contributed by atoms with Gasteiger partial charge in [-0.15, -0.1) is 0 Å². The second-order valence-corrected chi connectivity index (χ2v) is 6.83. The fourth-order valence-corrected chi connectivity index (χ4v) is 3.16. The maximum atomic E-state index is 12.3. The van der Waals surface area contributed by atoms with Gasteiger partial charge in [0.1, 0.15) is 11.5 Å². The second kappa shape index (κ2) is 7.67. The summed E-state index contributed by atoms with van der Waals surface area (Å²) < 4.78 is 8.84. The van der Waals surface area contributed by atoms with Crippen molar-refractivity contribution in [2.24, 2.45) is 7.05 Å². The number of hydrogen-bond acceptors (Lipinski definition) is 4. The first-order valence-electron chi connectivity index (χ1n) is 9.25. The van der Waals surface area contributed by atoms with E-state index in [4.69, 9.17) is 4.42 Å². The highest BCUT2D eigenvalue weighted by Gasteiger charge is 2.12. The van der Waals surface area contributed by atoms with Crippen LogP contribution in [0.3, 0.4) is 0 Å². The number of carbonyl (C=O) groups excluding carboxylic acids is 1. The van der Waals surface area contributed by atoms with Gasteiger partial charge in [-0.3, -0.25) is 10.00 Å². The Hall–Kier alpha value is -3.81. The zero-order valence-corrected chi connectivity index (χ0v) is 16.5. The number of amides is 2. The average Bonchev–Trinajstić information content (AvgIpc) is 3.42. The average molecular weight is 390 g/mol. The van der Waals surface area contributed by atoms with E-state index in [2.05, 4.69) is 20.8 Å². The number of nitrogens with zero attached hydrogens (tertiary/aromatic N) is 4. The molecule has 4 rings (SSSR count). The van der Waals surface area contributed by atoms with Crippen LogP contribution in [0, 0.1) is 13.8 Å². The molecule has 148 valence electrons. The topological polar surface area (TPSA) is 89.9 Å². The molecule has 3 heterocycles. The largest absolute Gasteiger partial charge is 0.463 e. The summed E-state index contributed by atoms with van der Waals surface area (Å²) in [5.41, 5.74) is 4.63. The lowest BCUT2D eigenvalue weighted by Gasteiger charge is -2.10. The first-order valence-corrected chi connectivity index (χ1v) is 9.25. The minimum absolute atomic E-state index is 0.310. The number of urea groups is 1. The molecule has 0 spiro atoms. The number of nitrogens with one attached hydrogen (secondary N) is 2. The Labute approximate surface area is 168 Å². The number of furan rings is 1. The van der Waals surface area contributed by atoms with Crippen molar-refractivity contribution in [3.8, 4) is 17.1 Å². The Morgan fingerprint density at radius 3 is 2.69 bits per heavy atom. The molecule has 0 saturated heterocycles. The highest BCUT2D eigenvalue weighted by Crippen LogP contribution is 2.21. The van der Waals surface area contributed by atoms with Crippen LogP contribution < -0.4 is 10.6 Å². The number of hydrogen-bond donors (Lipinski definition) is 2. The van der Waals surface area contributed by atoms with Crippen LogP contribution in [0.25, 0.3) is 17.1 Å². The van der Waals surface area contributed by atoms with E-state index in [1.165, 1.54) is 0 Å². The summed E-state index contributed by atoms with van der Waals surface area (Å²) in [6.45, 7) is 4.38. The number of aryl methyl sites for hydroxylation is 3. The Morgan fingerprint density at radius 2 is 1.97 bits per heavy atom. The molecule has 8 nitrogen and oxygen atoms in total. The van der Waals surface area contributed by atoms with Crippen molar-refractivity contribution in [2.45, 2.75) is 20.4 Å². The van der Waals surface area contributed by atoms with Gasteiger partial charge < -0.3 is 9.73 Å². The molecule has 4 aromatic rings. The van der Waals surface area contributed by atoms with Crippen LogP contribution in [0.15, 0.2) is 59.2 Å². The quantitative estimate of drug-likeness (QED) is 0.542. The van der Waals surface area contributed by atoms with Crippen LogP contribution in [0.4, 0.5) is 10.6 Å². The van der Waals surface area contributed by atoms with E-state index in [1.54, 1.807) is 30.1 Å². The molecule has 3 aromatic heterocycles. The summed E-state index contributed by atoms with van der Waals surface area (Å²) >= 11 is 0. The van der Waals surface area contributed by atoms with Gasteiger partial charge in [0.15, 0.2) is 5.76 Å². The van der Waals surface area contributed by atoms with Crippen molar-refractivity contribution < 1.29 is 9.21 Å². The minimum atomic E-state index is -0.310. The van der Waals surface area contributed by atoms with Crippen LogP contribution in [0.2, 0.25) is 0 Å². The summed E-state index contributed by atoms with van der Waals surface area (Å²) in [7, 11) is 1.76. The van der Waals surface area contributed by atoms with Gasteiger partial charge in [-0.1, -0.05) is 12.1 Å². The maximum Gasteiger partial charge on any atom is 0.320 e. The molecule has 2 amide bonds. The fourth-order valence-electron chi connectivity index (χ4n) is 3.16. The van der Waals surface area contributed by atoms with Gasteiger partial charge in [0.25, 0.3) is 0 Å². The summed E-state index contributed by atoms with van der Waals surface area (Å²) in [6, 6.07) is 15.0. The number of benzene rings is 1. The van der Waals surface area contributed by atoms with E-state index in [-0.39, 0.29) is 6.03 Å². The summed E-state index contributed by atoms with van der Waals surface area (Å²) in [5, 5.41) is 14.5. The van der Waals surface area contributed by atoms with E-state index < -0.39 is 0 Å². The fraction of sp³-hybridized carbons (Fsp3) is 0.190. The first-order chi connectivity index (χ1) is 14.0. The number of anilines is 1. The minimum Gasteiger partial charge on any atom is -0.463 e. The monoisotopic (exact) mass is 390 g/mol. The molecule has 0 fully saturated rings. The first kappa shape index (κ1) is 18.5. The van der Waals surface area contributed by atoms with Crippen molar-refractivity contribution >= 4 is 11.8 Å². The van der Waals surface area contributed by atoms with Crippen molar-refractivity contribution in [3.63, 3.8) is 0 Å². The van der Waals surface area contributed by atoms with Crippen LogP contribution in [-0.2, 0) is 13.6 Å². The predicted octanol–water partition coefficient (Wildman–Crippen LogP) is 3.80. The molecule has 0 radical (unpaired) electrons. The highest BCUT2D eigenvalue weighted by molar-refractivity contribution is 5.88. The number of aromatic nitrogens is 4. The van der Waals surface area contributed by atoms with Gasteiger partial charge in [-0.05, 0) is 49.7 Å². The molecular formula is C21H22N6O2. The standard InChI is InChI=1S/C21H22N6O2/c1-14-10-15(2)27(24-14)17-7-4-6-16(11-17)13-22-21(28)23-20-12-18(25-26(20)3)19-8-5-9-29-19/h4-12H,13H2,1-3H3,(H2,22,23,28). The molecule has 0 atom stereocenters. The molecule has 0 bridgehead atoms. The lowest BCUT2D eigenvalue weighted by atomic mass is 10.2. The van der Waals surface area contributed by atoms with Crippen molar-refractivity contribution in [2.75, 3.05) is 5.32 Å². The molecule has 1 aromatic carbocycles. The van der Waals surface area contributed by atoms with Crippen molar-refractivity contribution in [1.82, 2.24) is 24.9 Å². The van der Waals surface area contributed by atoms with Gasteiger partial charge in [0.05, 0.1) is 17.6 Å². The summed E-state index contributed by atoms with van der Waals surface area (Å²) in [6.07, 6.45) is 1.59. The molecule has 0 unspecified atom stereocenters. The third-order valence-corrected chi connectivity index (χ3v) is 4.51. The van der Waals surface area contributed by atoms with Crippen molar-refractivity contribution in [3.05, 3.63) is 71.7 Å². The highest BCUT2D eigenvalue weighted by atomic mass is 16.3. The lowest BCUT2D eigenvalue weighted by molar-refractivity contribution is 0.251. The molecule has 0 aliphatic heterocycles. The van der Waals surface area contributed by atoms with Gasteiger partial charge in [0.2, 0.25) is 0 Å². The normalized spacial score (nSPS) is 10.9. The Morgan fingerprint density at radius 1 is 1.10 bits per heavy atom. The predicted molar refractivity (Wildman–Crippen MR) is 110 cm³/mol. The Balaban J connectivity index is 1.40. The van der Waals surface area contributed by atoms with Gasteiger partial charge in [-0.2, -0.15) is 10.2 Å². The zero-order valence-electron chi connectivity index (χ0n) is 16.5. The smallest absolute Gasteiger partial charge is 0.320 e. The molecule has 29 heavy (non-hydrogen) atoms. The van der Waals surface area contributed by atoms with E-state index in [0.29, 0.717) is 23.8 Å². The number of rotatable bonds is 5. The van der Waals surface area contributed by atoms with Crippen molar-refractivity contribution in [1.29, 1.82) is 0 Å².